The molecule has 1 atom stereocenters. The van der Waals surface area contributed by atoms with Crippen LogP contribution in [0.2, 0.25) is 0 Å². The number of carbonyl (C=O) groups is 1. The van der Waals surface area contributed by atoms with Crippen LogP contribution in [0.25, 0.3) is 0 Å². The summed E-state index contributed by atoms with van der Waals surface area (Å²) in [5, 5.41) is 12.6. The molecule has 2 aromatic rings. The number of methoxy groups -OCH3 is 1. The quantitative estimate of drug-likeness (QED) is 0.398. The number of thioether (sulfide) groups is 1. The molecular weight excluding hydrogens is 344 g/mol. The van der Waals surface area contributed by atoms with Crippen LogP contribution in [0.15, 0.2) is 29.4 Å². The van der Waals surface area contributed by atoms with E-state index in [1.165, 1.54) is 18.9 Å². The van der Waals surface area contributed by atoms with E-state index in [0.29, 0.717) is 30.2 Å². The molecule has 8 nitrogen and oxygen atoms in total. The van der Waals surface area contributed by atoms with Crippen molar-refractivity contribution in [3.63, 3.8) is 0 Å². The van der Waals surface area contributed by atoms with E-state index < -0.39 is 0 Å². The summed E-state index contributed by atoms with van der Waals surface area (Å²) in [6.45, 7) is 1.97. The lowest BCUT2D eigenvalue weighted by Crippen LogP contribution is -2.17. The summed E-state index contributed by atoms with van der Waals surface area (Å²) in [5.74, 6) is 0.935. The topological polar surface area (TPSA) is 88.4 Å². The molecule has 0 amide bonds. The van der Waals surface area contributed by atoms with Gasteiger partial charge in [0, 0.05) is 12.4 Å². The highest BCUT2D eigenvalue weighted by molar-refractivity contribution is 7.99. The van der Waals surface area contributed by atoms with Crippen molar-refractivity contribution >= 4 is 17.7 Å². The van der Waals surface area contributed by atoms with Gasteiger partial charge in [0.25, 0.3) is 0 Å². The van der Waals surface area contributed by atoms with Crippen LogP contribution < -0.4 is 4.74 Å². The van der Waals surface area contributed by atoms with Crippen molar-refractivity contribution < 1.29 is 19.0 Å². The van der Waals surface area contributed by atoms with Crippen molar-refractivity contribution in [1.29, 1.82) is 0 Å². The summed E-state index contributed by atoms with van der Waals surface area (Å²) in [5.41, 5.74) is 0.466. The zero-order valence-electron chi connectivity index (χ0n) is 14.0. The fraction of sp³-hybridized carbons (Fsp3) is 0.500. The molecule has 1 aliphatic heterocycles. The van der Waals surface area contributed by atoms with Gasteiger partial charge < -0.3 is 14.2 Å². The molecule has 2 heterocycles. The first kappa shape index (κ1) is 17.7. The van der Waals surface area contributed by atoms with Crippen molar-refractivity contribution in [2.75, 3.05) is 26.1 Å². The van der Waals surface area contributed by atoms with E-state index >= 15 is 0 Å². The van der Waals surface area contributed by atoms with Crippen LogP contribution in [0.3, 0.4) is 0 Å². The summed E-state index contributed by atoms with van der Waals surface area (Å²) in [6, 6.07) is 6.92. The maximum absolute atomic E-state index is 11.5. The first-order valence-corrected chi connectivity index (χ1v) is 9.06. The Morgan fingerprint density at radius 2 is 2.40 bits per heavy atom. The highest BCUT2D eigenvalue weighted by atomic mass is 32.2. The SMILES string of the molecule is COC(=O)c1cccc(OCCSc2nnnn2C[C@H]2CCCO2)c1. The number of hydrogen-bond donors (Lipinski definition) is 0. The average Bonchev–Trinajstić information content (AvgIpc) is 3.31. The van der Waals surface area contributed by atoms with Crippen LogP contribution in [0.1, 0.15) is 23.2 Å². The number of carbonyl (C=O) groups excluding carboxylic acids is 1. The highest BCUT2D eigenvalue weighted by Crippen LogP contribution is 2.19. The normalized spacial score (nSPS) is 16.8. The van der Waals surface area contributed by atoms with Crippen molar-refractivity contribution in [2.45, 2.75) is 30.6 Å². The lowest BCUT2D eigenvalue weighted by atomic mass is 10.2. The molecule has 0 unspecified atom stereocenters. The van der Waals surface area contributed by atoms with Gasteiger partial charge in [0.1, 0.15) is 5.75 Å². The van der Waals surface area contributed by atoms with Crippen LogP contribution >= 0.6 is 11.8 Å². The van der Waals surface area contributed by atoms with Crippen molar-refractivity contribution in [3.8, 4) is 5.75 Å². The van der Waals surface area contributed by atoms with Gasteiger partial charge in [-0.3, -0.25) is 0 Å². The Bertz CT molecular complexity index is 703. The van der Waals surface area contributed by atoms with E-state index in [9.17, 15) is 4.79 Å². The minimum atomic E-state index is -0.381. The first-order chi connectivity index (χ1) is 12.3. The number of hydrogen-bond acceptors (Lipinski definition) is 8. The van der Waals surface area contributed by atoms with Gasteiger partial charge >= 0.3 is 5.97 Å². The molecule has 0 N–H and O–H groups in total. The third-order valence-electron chi connectivity index (χ3n) is 3.74. The minimum Gasteiger partial charge on any atom is -0.493 e. The summed E-state index contributed by atoms with van der Waals surface area (Å²) >= 11 is 1.53. The number of rotatable bonds is 8. The van der Waals surface area contributed by atoms with Gasteiger partial charge in [-0.1, -0.05) is 17.8 Å². The second-order valence-corrected chi connectivity index (χ2v) is 6.56. The maximum atomic E-state index is 11.5. The van der Waals surface area contributed by atoms with Gasteiger partial charge in [-0.15, -0.1) is 5.10 Å². The molecule has 0 saturated carbocycles. The molecular formula is C16H20N4O4S. The largest absolute Gasteiger partial charge is 0.493 e. The summed E-state index contributed by atoms with van der Waals surface area (Å²) in [7, 11) is 1.35. The second kappa shape index (κ2) is 8.82. The van der Waals surface area contributed by atoms with Crippen LogP contribution in [-0.4, -0.2) is 58.4 Å². The predicted molar refractivity (Wildman–Crippen MR) is 90.8 cm³/mol. The third kappa shape index (κ3) is 4.93. The molecule has 9 heteroatoms. The number of tetrazole rings is 1. The zero-order valence-corrected chi connectivity index (χ0v) is 14.8. The van der Waals surface area contributed by atoms with E-state index in [2.05, 4.69) is 15.5 Å². The molecule has 25 heavy (non-hydrogen) atoms. The van der Waals surface area contributed by atoms with Gasteiger partial charge in [0.2, 0.25) is 5.16 Å². The van der Waals surface area contributed by atoms with Gasteiger partial charge in [0.05, 0.1) is 31.9 Å². The van der Waals surface area contributed by atoms with E-state index in [1.807, 2.05) is 0 Å². The first-order valence-electron chi connectivity index (χ1n) is 8.08. The Morgan fingerprint density at radius 1 is 1.48 bits per heavy atom. The highest BCUT2D eigenvalue weighted by Gasteiger charge is 2.18. The molecule has 0 radical (unpaired) electrons. The molecule has 134 valence electrons. The van der Waals surface area contributed by atoms with E-state index in [1.54, 1.807) is 28.9 Å². The summed E-state index contributed by atoms with van der Waals surface area (Å²) in [6.07, 6.45) is 2.33. The number of nitrogens with zero attached hydrogens (tertiary/aromatic N) is 4. The fourth-order valence-electron chi connectivity index (χ4n) is 2.52. The van der Waals surface area contributed by atoms with E-state index in [4.69, 9.17) is 14.2 Å². The van der Waals surface area contributed by atoms with Crippen molar-refractivity contribution in [3.05, 3.63) is 29.8 Å². The average molecular weight is 364 g/mol. The standard InChI is InChI=1S/C16H20N4O4S/c1-22-15(21)12-4-2-5-13(10-12)24-8-9-25-16-17-18-19-20(16)11-14-6-3-7-23-14/h2,4-5,10,14H,3,6-9,11H2,1H3/t14-/m1/s1. The zero-order chi connectivity index (χ0) is 17.5. The van der Waals surface area contributed by atoms with Gasteiger partial charge in [0.15, 0.2) is 0 Å². The predicted octanol–water partition coefficient (Wildman–Crippen LogP) is 1.81. The smallest absolute Gasteiger partial charge is 0.337 e. The Hall–Kier alpha value is -2.13. The fourth-order valence-corrected chi connectivity index (χ4v) is 3.22. The molecule has 1 aromatic heterocycles. The Kier molecular flexibility index (Phi) is 6.24. The molecule has 1 fully saturated rings. The molecule has 0 aliphatic carbocycles. The van der Waals surface area contributed by atoms with Gasteiger partial charge in [-0.25, -0.2) is 9.48 Å². The Labute approximate surface area is 149 Å². The van der Waals surface area contributed by atoms with Crippen LogP contribution in [0.4, 0.5) is 0 Å². The third-order valence-corrected chi connectivity index (χ3v) is 4.66. The number of aromatic nitrogens is 4. The Balaban J connectivity index is 1.46. The van der Waals surface area contributed by atoms with Crippen molar-refractivity contribution in [1.82, 2.24) is 20.2 Å². The van der Waals surface area contributed by atoms with Crippen LogP contribution in [-0.2, 0) is 16.0 Å². The van der Waals surface area contributed by atoms with Crippen LogP contribution in [0, 0.1) is 0 Å². The minimum absolute atomic E-state index is 0.195. The number of ether oxygens (including phenoxy) is 3. The molecule has 1 aliphatic rings. The van der Waals surface area contributed by atoms with Gasteiger partial charge in [-0.05, 0) is 41.5 Å². The maximum Gasteiger partial charge on any atom is 0.337 e. The Morgan fingerprint density at radius 3 is 3.20 bits per heavy atom. The lowest BCUT2D eigenvalue weighted by molar-refractivity contribution is 0.0600. The number of benzene rings is 1. The van der Waals surface area contributed by atoms with E-state index in [0.717, 1.165) is 24.6 Å². The van der Waals surface area contributed by atoms with Crippen molar-refractivity contribution in [2.24, 2.45) is 0 Å². The number of esters is 1. The van der Waals surface area contributed by atoms with Crippen LogP contribution in [0.5, 0.6) is 5.75 Å². The molecule has 3 rings (SSSR count). The molecule has 1 aromatic carbocycles. The van der Waals surface area contributed by atoms with Gasteiger partial charge in [-0.2, -0.15) is 0 Å². The molecule has 0 spiro atoms. The summed E-state index contributed by atoms with van der Waals surface area (Å²) in [4.78, 5) is 11.5. The monoisotopic (exact) mass is 364 g/mol. The summed E-state index contributed by atoms with van der Waals surface area (Å²) < 4.78 is 17.8. The molecule has 0 bridgehead atoms. The molecule has 1 saturated heterocycles. The second-order valence-electron chi connectivity index (χ2n) is 5.49. The van der Waals surface area contributed by atoms with E-state index in [-0.39, 0.29) is 12.1 Å². The lowest BCUT2D eigenvalue weighted by Gasteiger charge is -2.10.